The molecule has 4 rings (SSSR count). The van der Waals surface area contributed by atoms with E-state index in [9.17, 15) is 9.90 Å². The van der Waals surface area contributed by atoms with Gasteiger partial charge in [-0.25, -0.2) is 4.99 Å². The number of rotatable bonds is 9. The van der Waals surface area contributed by atoms with Gasteiger partial charge < -0.3 is 25.0 Å². The second-order valence-electron chi connectivity index (χ2n) is 11.9. The largest absolute Gasteiger partial charge is 0.404 e. The van der Waals surface area contributed by atoms with Crippen LogP contribution in [0, 0.1) is 6.92 Å². The quantitative estimate of drug-likeness (QED) is 0.331. The summed E-state index contributed by atoms with van der Waals surface area (Å²) < 4.78 is 7.63. The molecule has 246 valence electrons. The van der Waals surface area contributed by atoms with Crippen LogP contribution < -0.4 is 21.7 Å². The molecule has 0 amide bonds. The third-order valence-corrected chi connectivity index (χ3v) is 7.58. The molecule has 3 N–H and O–H groups in total. The van der Waals surface area contributed by atoms with Crippen molar-refractivity contribution >= 4 is 23.8 Å². The number of ether oxygens (including phenoxy) is 1. The lowest BCUT2D eigenvalue weighted by molar-refractivity contribution is 0.0195. The molecule has 1 fully saturated rings. The molecule has 2 heterocycles. The number of nitrogens with two attached hydrogens (primary N) is 1. The van der Waals surface area contributed by atoms with Gasteiger partial charge in [-0.2, -0.15) is 0 Å². The Morgan fingerprint density at radius 2 is 1.85 bits per heavy atom. The molecule has 8 heteroatoms. The van der Waals surface area contributed by atoms with Crippen LogP contribution in [0.1, 0.15) is 65.1 Å². The number of pyridine rings is 1. The molecular formula is C38H51N5O3. The minimum Gasteiger partial charge on any atom is -0.404 e. The number of morpholine rings is 1. The number of hydrogen-bond donors (Lipinski definition) is 2. The van der Waals surface area contributed by atoms with Crippen LogP contribution in [-0.2, 0) is 11.8 Å². The fourth-order valence-electron chi connectivity index (χ4n) is 5.30. The normalized spacial score (nSPS) is 17.2. The molecule has 0 saturated carbocycles. The zero-order valence-electron chi connectivity index (χ0n) is 28.7. The molecule has 3 aromatic rings. The number of nitrogens with zero attached hydrogens (tertiary/aromatic N) is 4. The van der Waals surface area contributed by atoms with Crippen LogP contribution in [0.2, 0.25) is 0 Å². The van der Waals surface area contributed by atoms with Crippen molar-refractivity contribution in [3.63, 3.8) is 0 Å². The summed E-state index contributed by atoms with van der Waals surface area (Å²) in [6, 6.07) is 18.6. The van der Waals surface area contributed by atoms with E-state index in [1.54, 1.807) is 31.7 Å². The second kappa shape index (κ2) is 16.9. The lowest BCUT2D eigenvalue weighted by Crippen LogP contribution is -2.42. The molecule has 46 heavy (non-hydrogen) atoms. The molecule has 0 aliphatic carbocycles. The van der Waals surface area contributed by atoms with Crippen molar-refractivity contribution in [1.29, 1.82) is 0 Å². The Kier molecular flexibility index (Phi) is 13.3. The van der Waals surface area contributed by atoms with E-state index in [0.29, 0.717) is 36.6 Å². The number of aryl methyl sites for hydroxylation is 2. The molecule has 1 aliphatic rings. The van der Waals surface area contributed by atoms with Crippen LogP contribution in [0.25, 0.3) is 23.0 Å². The minimum absolute atomic E-state index is 0.0104. The zero-order chi connectivity index (χ0) is 33.9. The van der Waals surface area contributed by atoms with Gasteiger partial charge in [0.2, 0.25) is 0 Å². The van der Waals surface area contributed by atoms with Crippen molar-refractivity contribution < 1.29 is 9.84 Å². The summed E-state index contributed by atoms with van der Waals surface area (Å²) in [6.45, 7) is 15.3. The van der Waals surface area contributed by atoms with E-state index in [0.717, 1.165) is 39.4 Å². The average molecular weight is 626 g/mol. The lowest BCUT2D eigenvalue weighted by Gasteiger charge is -2.38. The van der Waals surface area contributed by atoms with Gasteiger partial charge >= 0.3 is 0 Å². The first kappa shape index (κ1) is 36.2. The standard InChI is InChI=1S/C36H45N5O3.C2H6/c1-7-11-27-14-15-29(30-18-25(2)35(42)40(6)22-30)19-32(27)34(39-26(3)31(20-37)21-38-24-36(4,5)43)41-16-17-44-23-33(41)28-12-9-8-10-13-28;1-2/h8-15,18-22,33,43H,7,16-17,23-24,37H2,1-6H3;1-2H3/b27-11+,31-20+,34-32+,38-21?,39-26+;. The second-order valence-corrected chi connectivity index (χ2v) is 11.9. The molecule has 1 aliphatic heterocycles. The van der Waals surface area contributed by atoms with Crippen molar-refractivity contribution in [2.75, 3.05) is 26.3 Å². The predicted octanol–water partition coefficient (Wildman–Crippen LogP) is 4.86. The molecule has 1 unspecified atom stereocenters. The third kappa shape index (κ3) is 9.37. The Hall–Kier alpha value is -4.27. The summed E-state index contributed by atoms with van der Waals surface area (Å²) in [5.74, 6) is 0.804. The van der Waals surface area contributed by atoms with Gasteiger partial charge in [0.1, 0.15) is 5.82 Å². The molecule has 0 bridgehead atoms. The van der Waals surface area contributed by atoms with Crippen molar-refractivity contribution in [3.05, 3.63) is 104 Å². The van der Waals surface area contributed by atoms with Gasteiger partial charge in [0, 0.05) is 54.3 Å². The van der Waals surface area contributed by atoms with Crippen molar-refractivity contribution in [2.45, 2.75) is 66.5 Å². The molecule has 1 saturated heterocycles. The van der Waals surface area contributed by atoms with Crippen LogP contribution in [0.3, 0.4) is 0 Å². The molecular weight excluding hydrogens is 574 g/mol. The Morgan fingerprint density at radius 1 is 1.13 bits per heavy atom. The molecule has 1 atom stereocenters. The monoisotopic (exact) mass is 625 g/mol. The summed E-state index contributed by atoms with van der Waals surface area (Å²) in [5, 5.41) is 12.2. The van der Waals surface area contributed by atoms with Gasteiger partial charge in [-0.1, -0.05) is 69.3 Å². The first-order valence-electron chi connectivity index (χ1n) is 16.1. The van der Waals surface area contributed by atoms with Gasteiger partial charge in [0.25, 0.3) is 5.56 Å². The van der Waals surface area contributed by atoms with E-state index in [2.05, 4.69) is 53.2 Å². The van der Waals surface area contributed by atoms with Crippen LogP contribution in [0.5, 0.6) is 0 Å². The maximum absolute atomic E-state index is 12.5. The Bertz CT molecular complexity index is 1700. The smallest absolute Gasteiger partial charge is 0.253 e. The van der Waals surface area contributed by atoms with E-state index >= 15 is 0 Å². The number of aliphatic imine (C=N–C) groups is 2. The molecule has 0 spiro atoms. The predicted molar refractivity (Wildman–Crippen MR) is 192 cm³/mol. The maximum Gasteiger partial charge on any atom is 0.253 e. The average Bonchev–Trinajstić information content (AvgIpc) is 3.05. The maximum atomic E-state index is 12.5. The summed E-state index contributed by atoms with van der Waals surface area (Å²) in [5.41, 5.74) is 10.3. The number of benzene rings is 2. The van der Waals surface area contributed by atoms with Crippen LogP contribution in [-0.4, -0.2) is 58.4 Å². The minimum atomic E-state index is -0.931. The number of allylic oxidation sites excluding steroid dienone is 1. The highest BCUT2D eigenvalue weighted by atomic mass is 16.5. The summed E-state index contributed by atoms with van der Waals surface area (Å²) in [4.78, 5) is 24.5. The fourth-order valence-corrected chi connectivity index (χ4v) is 5.30. The van der Waals surface area contributed by atoms with Crippen molar-refractivity contribution in [3.8, 4) is 11.1 Å². The molecule has 1 aromatic heterocycles. The van der Waals surface area contributed by atoms with E-state index in [4.69, 9.17) is 15.5 Å². The Balaban J connectivity index is 0.00000282. The van der Waals surface area contributed by atoms with Crippen molar-refractivity contribution in [1.82, 2.24) is 9.47 Å². The highest BCUT2D eigenvalue weighted by molar-refractivity contribution is 6.15. The number of aromatic nitrogens is 1. The number of aliphatic hydroxyl groups is 1. The van der Waals surface area contributed by atoms with E-state index in [1.807, 2.05) is 58.2 Å². The van der Waals surface area contributed by atoms with Crippen molar-refractivity contribution in [2.24, 2.45) is 22.8 Å². The van der Waals surface area contributed by atoms with E-state index in [1.165, 1.54) is 6.20 Å². The summed E-state index contributed by atoms with van der Waals surface area (Å²) >= 11 is 0. The summed E-state index contributed by atoms with van der Waals surface area (Å²) in [7, 11) is 1.78. The first-order chi connectivity index (χ1) is 22.0. The van der Waals surface area contributed by atoms with Gasteiger partial charge in [0.05, 0.1) is 31.4 Å². The molecule has 0 radical (unpaired) electrons. The van der Waals surface area contributed by atoms with Crippen LogP contribution >= 0.6 is 0 Å². The Labute approximate surface area is 274 Å². The van der Waals surface area contributed by atoms with Gasteiger partial charge in [-0.15, -0.1) is 0 Å². The third-order valence-electron chi connectivity index (χ3n) is 7.58. The first-order valence-corrected chi connectivity index (χ1v) is 16.1. The SMILES string of the molecule is CC.CC\C=c1/ccc(-c2cc(C)c(=O)n(C)c2)c/c1=C(/N=C(C)/C(C=NCC(C)(C)O)=C/N)N1CCOCC1c1ccccc1. The van der Waals surface area contributed by atoms with Crippen LogP contribution in [0.4, 0.5) is 0 Å². The van der Waals surface area contributed by atoms with E-state index < -0.39 is 5.60 Å². The lowest BCUT2D eigenvalue weighted by atomic mass is 10.0. The van der Waals surface area contributed by atoms with Gasteiger partial charge in [0.15, 0.2) is 0 Å². The molecule has 2 aromatic carbocycles. The highest BCUT2D eigenvalue weighted by Crippen LogP contribution is 2.29. The number of hydrogen-bond acceptors (Lipinski definition) is 7. The Morgan fingerprint density at radius 3 is 2.48 bits per heavy atom. The van der Waals surface area contributed by atoms with E-state index in [-0.39, 0.29) is 18.1 Å². The fraction of sp³-hybridized carbons (Fsp3) is 0.395. The zero-order valence-corrected chi connectivity index (χ0v) is 28.7. The molecule has 8 nitrogen and oxygen atoms in total. The van der Waals surface area contributed by atoms with Gasteiger partial charge in [-0.05, 0) is 68.2 Å². The highest BCUT2D eigenvalue weighted by Gasteiger charge is 2.27. The summed E-state index contributed by atoms with van der Waals surface area (Å²) in [6.07, 6.45) is 8.11. The van der Waals surface area contributed by atoms with Gasteiger partial charge in [-0.3, -0.25) is 9.79 Å². The van der Waals surface area contributed by atoms with Crippen LogP contribution in [0.15, 0.2) is 87.3 Å². The topological polar surface area (TPSA) is 105 Å².